The molecule has 2 aromatic rings. The van der Waals surface area contributed by atoms with Crippen LogP contribution in [0.3, 0.4) is 0 Å². The Morgan fingerprint density at radius 3 is 2.21 bits per heavy atom. The number of carboxylic acid groups (broad SMARTS) is 2. The minimum absolute atomic E-state index is 0.147. The van der Waals surface area contributed by atoms with Gasteiger partial charge < -0.3 is 47.9 Å². The van der Waals surface area contributed by atoms with E-state index in [4.69, 9.17) is 16.6 Å². The van der Waals surface area contributed by atoms with Gasteiger partial charge in [0.25, 0.3) is 0 Å². The van der Waals surface area contributed by atoms with Crippen molar-refractivity contribution in [2.24, 2.45) is 11.5 Å². The van der Waals surface area contributed by atoms with Crippen molar-refractivity contribution in [1.82, 2.24) is 26.3 Å². The number of aromatic nitrogens is 1. The van der Waals surface area contributed by atoms with E-state index in [0.717, 1.165) is 5.52 Å². The van der Waals surface area contributed by atoms with E-state index >= 15 is 0 Å². The summed E-state index contributed by atoms with van der Waals surface area (Å²) in [6, 6.07) is 1.57. The fourth-order valence-electron chi connectivity index (χ4n) is 4.14. The first kappa shape index (κ1) is 34.4. The number of unbranched alkanes of at least 4 members (excludes halogenated alkanes) is 1. The van der Waals surface area contributed by atoms with Gasteiger partial charge in [-0.25, -0.2) is 0 Å². The number of carboxylic acids is 2. The zero-order chi connectivity index (χ0) is 31.9. The highest BCUT2D eigenvalue weighted by atomic mass is 16.4. The number of fused-ring (bicyclic) bond motifs is 1. The van der Waals surface area contributed by atoms with Gasteiger partial charge in [0.2, 0.25) is 29.9 Å². The number of H-pyrrole nitrogens is 1. The molecule has 0 unspecified atom stereocenters. The molecule has 0 aliphatic heterocycles. The first-order valence-corrected chi connectivity index (χ1v) is 13.4. The highest BCUT2D eigenvalue weighted by Crippen LogP contribution is 2.19. The van der Waals surface area contributed by atoms with Crippen LogP contribution in [0.4, 0.5) is 0 Å². The van der Waals surface area contributed by atoms with Gasteiger partial charge in [0.15, 0.2) is 0 Å². The summed E-state index contributed by atoms with van der Waals surface area (Å²) >= 11 is 0. The van der Waals surface area contributed by atoms with Crippen LogP contribution in [0.15, 0.2) is 30.5 Å². The van der Waals surface area contributed by atoms with Gasteiger partial charge in [-0.2, -0.15) is 0 Å². The number of hydrogen-bond donors (Lipinski definition) is 9. The number of benzene rings is 1. The van der Waals surface area contributed by atoms with Crippen molar-refractivity contribution in [3.63, 3.8) is 0 Å². The lowest BCUT2D eigenvalue weighted by Crippen LogP contribution is -2.57. The van der Waals surface area contributed by atoms with Gasteiger partial charge in [0, 0.05) is 23.5 Å². The first-order valence-electron chi connectivity index (χ1n) is 13.4. The lowest BCUT2D eigenvalue weighted by Gasteiger charge is -2.23. The Kier molecular flexibility index (Phi) is 13.7. The number of amides is 4. The van der Waals surface area contributed by atoms with E-state index in [9.17, 15) is 38.7 Å². The maximum absolute atomic E-state index is 13.2. The van der Waals surface area contributed by atoms with Crippen molar-refractivity contribution in [2.45, 2.75) is 62.7 Å². The van der Waals surface area contributed by atoms with Gasteiger partial charge >= 0.3 is 11.9 Å². The lowest BCUT2D eigenvalue weighted by molar-refractivity contribution is -0.141. The Labute approximate surface area is 246 Å². The summed E-state index contributed by atoms with van der Waals surface area (Å²) in [5, 5.41) is 28.2. The molecule has 1 heterocycles. The SMILES string of the molecule is NCCCC[C@H](N)C(=O)NCC(=O)N[C@@H](CC(=O)O)C(=O)N[C@@H](Cc1c[nH]c2ccccc12)C(=O)N[C@H]([C]=O)CC(=O)O. The molecule has 1 aromatic heterocycles. The van der Waals surface area contributed by atoms with Gasteiger partial charge in [-0.15, -0.1) is 0 Å². The van der Waals surface area contributed by atoms with Crippen LogP contribution in [0.5, 0.6) is 0 Å². The maximum Gasteiger partial charge on any atom is 0.305 e. The number of para-hydroxylation sites is 1. The third-order valence-electron chi connectivity index (χ3n) is 6.33. The summed E-state index contributed by atoms with van der Waals surface area (Å²) < 4.78 is 0. The topological polar surface area (TPSA) is 276 Å². The Balaban J connectivity index is 2.17. The van der Waals surface area contributed by atoms with Crippen LogP contribution in [0, 0.1) is 0 Å². The van der Waals surface area contributed by atoms with E-state index in [1.807, 2.05) is 0 Å². The second kappa shape index (κ2) is 17.2. The molecule has 1 radical (unpaired) electrons. The molecular formula is C27H36N7O9. The summed E-state index contributed by atoms with van der Waals surface area (Å²) in [4.78, 5) is 87.7. The maximum atomic E-state index is 13.2. The molecule has 0 aliphatic carbocycles. The molecule has 43 heavy (non-hydrogen) atoms. The van der Waals surface area contributed by atoms with Crippen LogP contribution in [-0.4, -0.2) is 94.3 Å². The first-order chi connectivity index (χ1) is 20.4. The minimum atomic E-state index is -1.66. The van der Waals surface area contributed by atoms with Crippen molar-refractivity contribution in [2.75, 3.05) is 13.1 Å². The molecule has 233 valence electrons. The van der Waals surface area contributed by atoms with Crippen LogP contribution in [0.2, 0.25) is 0 Å². The van der Waals surface area contributed by atoms with Crippen LogP contribution in [-0.2, 0) is 40.0 Å². The van der Waals surface area contributed by atoms with Crippen molar-refractivity contribution in [3.05, 3.63) is 36.0 Å². The highest BCUT2D eigenvalue weighted by Gasteiger charge is 2.31. The number of aliphatic carboxylic acids is 2. The van der Waals surface area contributed by atoms with E-state index in [0.29, 0.717) is 36.8 Å². The zero-order valence-electron chi connectivity index (χ0n) is 23.3. The Morgan fingerprint density at radius 1 is 0.884 bits per heavy atom. The van der Waals surface area contributed by atoms with E-state index in [1.165, 1.54) is 6.29 Å². The Hall–Kier alpha value is -4.83. The molecule has 2 rings (SSSR count). The number of aromatic amines is 1. The smallest absolute Gasteiger partial charge is 0.305 e. The molecule has 1 aromatic carbocycles. The number of carbonyl (C=O) groups is 6. The summed E-state index contributed by atoms with van der Waals surface area (Å²) in [6.07, 6.45) is 2.85. The van der Waals surface area contributed by atoms with Crippen molar-refractivity contribution < 1.29 is 43.8 Å². The minimum Gasteiger partial charge on any atom is -0.481 e. The van der Waals surface area contributed by atoms with Crippen molar-refractivity contribution >= 4 is 52.8 Å². The zero-order valence-corrected chi connectivity index (χ0v) is 23.3. The summed E-state index contributed by atoms with van der Waals surface area (Å²) in [5.41, 5.74) is 12.5. The standard InChI is InChI=1S/C27H36N7O9/c28-8-4-3-6-18(29)25(41)31-13-22(36)33-21(11-24(39)40)27(43)34-20(26(42)32-16(14-35)10-23(37)38)9-15-12-30-19-7-2-1-5-17(15)19/h1-2,5,7,12,16,18,20-21,30H,3-4,6,8-11,13,28-29H2,(H,31,41)(H,32,42)(H,33,36)(H,34,43)(H,37,38)(H,39,40)/t16-,18-,20-,21-/m0/s1. The number of nitrogens with one attached hydrogen (secondary N) is 5. The highest BCUT2D eigenvalue weighted by molar-refractivity contribution is 5.96. The molecule has 0 fully saturated rings. The second-order valence-corrected chi connectivity index (χ2v) is 9.73. The molecule has 0 bridgehead atoms. The number of carbonyl (C=O) groups excluding carboxylic acids is 5. The van der Waals surface area contributed by atoms with Crippen LogP contribution in [0.25, 0.3) is 10.9 Å². The van der Waals surface area contributed by atoms with E-state index in [2.05, 4.69) is 26.3 Å². The van der Waals surface area contributed by atoms with Crippen molar-refractivity contribution in [3.8, 4) is 0 Å². The molecule has 16 nitrogen and oxygen atoms in total. The average Bonchev–Trinajstić information content (AvgIpc) is 3.36. The van der Waals surface area contributed by atoms with Crippen LogP contribution < -0.4 is 32.7 Å². The fourth-order valence-corrected chi connectivity index (χ4v) is 4.14. The molecule has 0 saturated heterocycles. The number of rotatable bonds is 19. The van der Waals surface area contributed by atoms with E-state index in [1.54, 1.807) is 30.5 Å². The predicted molar refractivity (Wildman–Crippen MR) is 152 cm³/mol. The molecule has 0 spiro atoms. The summed E-state index contributed by atoms with van der Waals surface area (Å²) in [6.45, 7) is -0.162. The molecule has 16 heteroatoms. The fraction of sp³-hybridized carbons (Fsp3) is 0.444. The molecular weight excluding hydrogens is 566 g/mol. The lowest BCUT2D eigenvalue weighted by atomic mass is 10.0. The van der Waals surface area contributed by atoms with Gasteiger partial charge in [-0.1, -0.05) is 24.6 Å². The predicted octanol–water partition coefficient (Wildman–Crippen LogP) is -2.20. The number of hydrogen-bond acceptors (Lipinski definition) is 9. The molecule has 0 aliphatic rings. The van der Waals surface area contributed by atoms with Crippen molar-refractivity contribution in [1.29, 1.82) is 0 Å². The van der Waals surface area contributed by atoms with Gasteiger partial charge in [-0.3, -0.25) is 33.6 Å². The molecule has 4 atom stereocenters. The summed E-state index contributed by atoms with van der Waals surface area (Å²) in [7, 11) is 0. The third kappa shape index (κ3) is 11.5. The molecule has 11 N–H and O–H groups in total. The Morgan fingerprint density at radius 2 is 1.56 bits per heavy atom. The average molecular weight is 603 g/mol. The van der Waals surface area contributed by atoms with Gasteiger partial charge in [0.05, 0.1) is 25.4 Å². The third-order valence-corrected chi connectivity index (χ3v) is 6.33. The van der Waals surface area contributed by atoms with Crippen LogP contribution in [0.1, 0.15) is 37.7 Å². The quantitative estimate of drug-likeness (QED) is 0.0778. The largest absolute Gasteiger partial charge is 0.481 e. The van der Waals surface area contributed by atoms with Crippen LogP contribution >= 0.6 is 0 Å². The van der Waals surface area contributed by atoms with E-state index in [-0.39, 0.29) is 6.42 Å². The molecule has 0 saturated carbocycles. The Bertz CT molecular complexity index is 1310. The van der Waals surface area contributed by atoms with E-state index < -0.39 is 79.1 Å². The number of nitrogens with two attached hydrogens (primary N) is 2. The van der Waals surface area contributed by atoms with Gasteiger partial charge in [-0.05, 0) is 31.0 Å². The van der Waals surface area contributed by atoms with Gasteiger partial charge in [0.1, 0.15) is 18.1 Å². The normalized spacial score (nSPS) is 13.6. The summed E-state index contributed by atoms with van der Waals surface area (Å²) in [5.74, 6) is -6.32. The monoisotopic (exact) mass is 602 g/mol. The second-order valence-electron chi connectivity index (χ2n) is 9.73. The molecule has 4 amide bonds.